The first-order valence-electron chi connectivity index (χ1n) is 10.3. The lowest BCUT2D eigenvalue weighted by Crippen LogP contribution is -2.41. The lowest BCUT2D eigenvalue weighted by atomic mass is 10.0. The highest BCUT2D eigenvalue weighted by atomic mass is 32.2. The van der Waals surface area contributed by atoms with E-state index in [1.54, 1.807) is 18.7 Å². The minimum Gasteiger partial charge on any atom is -0.480 e. The minimum atomic E-state index is -0.911. The van der Waals surface area contributed by atoms with Crippen LogP contribution >= 0.6 is 11.8 Å². The van der Waals surface area contributed by atoms with E-state index >= 15 is 0 Å². The number of carboxylic acid groups (broad SMARTS) is 1. The average molecular weight is 421 g/mol. The summed E-state index contributed by atoms with van der Waals surface area (Å²) < 4.78 is 0. The van der Waals surface area contributed by atoms with Crippen LogP contribution in [0.2, 0.25) is 0 Å². The van der Waals surface area contributed by atoms with E-state index in [1.165, 1.54) is 22.3 Å². The smallest absolute Gasteiger partial charge is 0.327 e. The normalized spacial score (nSPS) is 12.9. The van der Waals surface area contributed by atoms with Crippen LogP contribution in [-0.2, 0) is 4.79 Å². The number of hydrogen-bond acceptors (Lipinski definition) is 3. The van der Waals surface area contributed by atoms with E-state index in [4.69, 9.17) is 5.41 Å². The van der Waals surface area contributed by atoms with Crippen molar-refractivity contribution in [2.24, 2.45) is 0 Å². The summed E-state index contributed by atoms with van der Waals surface area (Å²) >= 11 is 1.59. The zero-order valence-electron chi connectivity index (χ0n) is 19.1. The number of thioether (sulfide) groups is 1. The molecular weight excluding hydrogens is 380 g/mol. The first kappa shape index (κ1) is 27.2. The molecule has 0 aromatic rings. The molecule has 0 radical (unpaired) electrons. The van der Waals surface area contributed by atoms with Crippen molar-refractivity contribution in [2.45, 2.75) is 79.7 Å². The monoisotopic (exact) mass is 420 g/mol. The van der Waals surface area contributed by atoms with Crippen LogP contribution in [0.5, 0.6) is 0 Å². The van der Waals surface area contributed by atoms with Gasteiger partial charge in [0.1, 0.15) is 6.04 Å². The quantitative estimate of drug-likeness (QED) is 0.129. The molecule has 0 amide bonds. The second-order valence-corrected chi connectivity index (χ2v) is 9.03. The minimum absolute atomic E-state index is 0.185. The van der Waals surface area contributed by atoms with Crippen molar-refractivity contribution < 1.29 is 9.90 Å². The predicted molar refractivity (Wildman–Crippen MR) is 129 cm³/mol. The molecule has 3 N–H and O–H groups in total. The highest BCUT2D eigenvalue weighted by Gasteiger charge is 2.16. The number of allylic oxidation sites excluding steroid dienone is 7. The molecule has 0 fully saturated rings. The molecule has 0 heterocycles. The molecular formula is C24H40N2O2S. The van der Waals surface area contributed by atoms with E-state index < -0.39 is 12.0 Å². The molecule has 0 bridgehead atoms. The lowest BCUT2D eigenvalue weighted by molar-refractivity contribution is -0.138. The topological polar surface area (TPSA) is 73.2 Å². The zero-order chi connectivity index (χ0) is 22.2. The van der Waals surface area contributed by atoms with Gasteiger partial charge >= 0.3 is 5.97 Å². The largest absolute Gasteiger partial charge is 0.480 e. The number of carbonyl (C=O) groups is 1. The molecule has 0 saturated carbocycles. The zero-order valence-corrected chi connectivity index (χ0v) is 19.9. The van der Waals surface area contributed by atoms with Gasteiger partial charge in [0.15, 0.2) is 0 Å². The highest BCUT2D eigenvalue weighted by molar-refractivity contribution is 7.99. The number of hydrogen-bond donors (Lipinski definition) is 3. The summed E-state index contributed by atoms with van der Waals surface area (Å²) in [6.07, 6.45) is 14.4. The van der Waals surface area contributed by atoms with Gasteiger partial charge in [0.2, 0.25) is 0 Å². The summed E-state index contributed by atoms with van der Waals surface area (Å²) in [6, 6.07) is -0.710. The van der Waals surface area contributed by atoms with Crippen LogP contribution in [0.1, 0.15) is 73.6 Å². The summed E-state index contributed by atoms with van der Waals surface area (Å²) in [6.45, 7) is 12.3. The molecule has 1 atom stereocenters. The molecule has 0 aliphatic heterocycles. The Morgan fingerprint density at radius 1 is 0.966 bits per heavy atom. The van der Waals surface area contributed by atoms with Crippen molar-refractivity contribution in [3.63, 3.8) is 0 Å². The number of carboxylic acids is 1. The van der Waals surface area contributed by atoms with Gasteiger partial charge in [-0.2, -0.15) is 11.8 Å². The summed E-state index contributed by atoms with van der Waals surface area (Å²) in [5, 5.41) is 19.4. The van der Waals surface area contributed by atoms with Crippen LogP contribution < -0.4 is 5.32 Å². The van der Waals surface area contributed by atoms with Crippen molar-refractivity contribution in [1.29, 1.82) is 5.41 Å². The maximum absolute atomic E-state index is 11.3. The van der Waals surface area contributed by atoms with Crippen molar-refractivity contribution in [1.82, 2.24) is 5.32 Å². The second kappa shape index (κ2) is 16.1. The van der Waals surface area contributed by atoms with Gasteiger partial charge in [-0.05, 0) is 73.6 Å². The molecule has 5 heteroatoms. The first-order chi connectivity index (χ1) is 13.6. The summed E-state index contributed by atoms with van der Waals surface area (Å²) in [4.78, 5) is 11.3. The van der Waals surface area contributed by atoms with E-state index in [1.807, 2.05) is 0 Å². The van der Waals surface area contributed by atoms with Crippen LogP contribution in [0.25, 0.3) is 0 Å². The lowest BCUT2D eigenvalue weighted by Gasteiger charge is -2.13. The van der Waals surface area contributed by atoms with E-state index in [9.17, 15) is 9.90 Å². The third-order valence-corrected chi connectivity index (χ3v) is 5.26. The summed E-state index contributed by atoms with van der Waals surface area (Å²) in [5.74, 6) is 0.509. The van der Waals surface area contributed by atoms with Gasteiger partial charge in [0.25, 0.3) is 0 Å². The van der Waals surface area contributed by atoms with Gasteiger partial charge in [-0.3, -0.25) is 5.41 Å². The van der Waals surface area contributed by atoms with E-state index in [-0.39, 0.29) is 5.84 Å². The molecule has 0 rings (SSSR count). The fraction of sp³-hybridized carbons (Fsp3) is 0.583. The third kappa shape index (κ3) is 16.9. The fourth-order valence-corrected chi connectivity index (χ4v) is 3.57. The molecule has 0 spiro atoms. The molecule has 1 unspecified atom stereocenters. The highest BCUT2D eigenvalue weighted by Crippen LogP contribution is 2.17. The molecule has 4 nitrogen and oxygen atoms in total. The van der Waals surface area contributed by atoms with Gasteiger partial charge in [0, 0.05) is 11.5 Å². The van der Waals surface area contributed by atoms with Gasteiger partial charge < -0.3 is 10.4 Å². The maximum atomic E-state index is 11.3. The van der Waals surface area contributed by atoms with Crippen molar-refractivity contribution in [2.75, 3.05) is 11.5 Å². The Morgan fingerprint density at radius 2 is 1.59 bits per heavy atom. The molecule has 0 aromatic heterocycles. The Balaban J connectivity index is 4.67. The van der Waals surface area contributed by atoms with Crippen LogP contribution in [0.3, 0.4) is 0 Å². The van der Waals surface area contributed by atoms with E-state index in [0.717, 1.165) is 37.9 Å². The van der Waals surface area contributed by atoms with Gasteiger partial charge in [-0.1, -0.05) is 46.6 Å². The predicted octanol–water partition coefficient (Wildman–Crippen LogP) is 6.52. The van der Waals surface area contributed by atoms with Crippen LogP contribution in [0.15, 0.2) is 46.6 Å². The average Bonchev–Trinajstić information content (AvgIpc) is 2.60. The molecule has 0 aliphatic rings. The van der Waals surface area contributed by atoms with Crippen molar-refractivity contribution in [3.8, 4) is 0 Å². The number of nitrogens with one attached hydrogen (secondary N) is 2. The van der Waals surface area contributed by atoms with Gasteiger partial charge in [0.05, 0.1) is 5.84 Å². The summed E-state index contributed by atoms with van der Waals surface area (Å²) in [7, 11) is 0. The van der Waals surface area contributed by atoms with Gasteiger partial charge in [-0.15, -0.1) is 0 Å². The Hall–Kier alpha value is -1.75. The van der Waals surface area contributed by atoms with Crippen molar-refractivity contribution >= 4 is 23.6 Å². The van der Waals surface area contributed by atoms with Gasteiger partial charge in [-0.25, -0.2) is 4.79 Å². The number of rotatable bonds is 14. The molecule has 164 valence electrons. The Bertz CT molecular complexity index is 637. The maximum Gasteiger partial charge on any atom is 0.327 e. The fourth-order valence-electron chi connectivity index (χ4n) is 2.62. The van der Waals surface area contributed by atoms with Crippen LogP contribution in [-0.4, -0.2) is 34.5 Å². The number of aliphatic carboxylic acids is 1. The Morgan fingerprint density at radius 3 is 2.14 bits per heavy atom. The number of amidine groups is 1. The summed E-state index contributed by atoms with van der Waals surface area (Å²) in [5.41, 5.74) is 5.53. The van der Waals surface area contributed by atoms with Crippen LogP contribution in [0, 0.1) is 5.41 Å². The third-order valence-electron chi connectivity index (χ3n) is 4.29. The van der Waals surface area contributed by atoms with Crippen LogP contribution in [0.4, 0.5) is 0 Å². The molecule has 0 aromatic carbocycles. The molecule has 0 aliphatic carbocycles. The standard InChI is InChI=1S/C24H40N2O2S/c1-18(2)9-7-10-20(5)11-8-12-22(14-13-19(3)4)15-16-29-17-23(24(27)28)26-21(6)25/h9,11,13,15,23H,7-8,10,12,14,16-17H2,1-6H3,(H2,25,26)(H,27,28). The van der Waals surface area contributed by atoms with E-state index in [2.05, 4.69) is 64.2 Å². The molecule has 29 heavy (non-hydrogen) atoms. The molecule has 0 saturated heterocycles. The Kier molecular flexibility index (Phi) is 15.1. The van der Waals surface area contributed by atoms with E-state index in [0.29, 0.717) is 5.75 Å². The SMILES string of the molecule is CC(=N)NC(CSCC=C(CC=C(C)C)CCC=C(C)CCC=C(C)C)C(=O)O. The van der Waals surface area contributed by atoms with Crippen molar-refractivity contribution in [3.05, 3.63) is 46.6 Å². The Labute approximate surface area is 182 Å². The first-order valence-corrected chi connectivity index (χ1v) is 11.5. The second-order valence-electron chi connectivity index (χ2n) is 7.95.